The number of hydrogen-bond acceptors (Lipinski definition) is 4. The maximum atomic E-state index is 11.1. The number of amides is 2. The summed E-state index contributed by atoms with van der Waals surface area (Å²) in [6.45, 7) is 7.93. The molecule has 0 heterocycles. The highest BCUT2D eigenvalue weighted by Crippen LogP contribution is 1.84. The Morgan fingerprint density at radius 1 is 0.882 bits per heavy atom. The van der Waals surface area contributed by atoms with E-state index in [1.165, 1.54) is 0 Å². The van der Waals surface area contributed by atoms with E-state index in [0.29, 0.717) is 12.3 Å². The van der Waals surface area contributed by atoms with Gasteiger partial charge in [-0.2, -0.15) is 0 Å². The van der Waals surface area contributed by atoms with Crippen LogP contribution in [0, 0.1) is 0 Å². The molecular formula is C9H20N2O4Si2. The highest BCUT2D eigenvalue weighted by molar-refractivity contribution is 6.56. The molecule has 0 aromatic carbocycles. The molecule has 17 heavy (non-hydrogen) atoms. The maximum Gasteiger partial charge on any atom is 0.409 e. The molecule has 6 nitrogen and oxygen atoms in total. The van der Waals surface area contributed by atoms with Gasteiger partial charge in [0.15, 0.2) is 0 Å². The normalized spacial score (nSPS) is 10.2. The van der Waals surface area contributed by atoms with Crippen LogP contribution in [-0.2, 0) is 9.47 Å². The van der Waals surface area contributed by atoms with Crippen molar-refractivity contribution >= 4 is 29.8 Å². The van der Waals surface area contributed by atoms with Crippen LogP contribution < -0.4 is 10.6 Å². The monoisotopic (exact) mass is 276 g/mol. The van der Waals surface area contributed by atoms with Gasteiger partial charge < -0.3 is 20.1 Å². The molecule has 2 amide bonds. The Morgan fingerprint density at radius 3 is 1.53 bits per heavy atom. The molecule has 0 unspecified atom stereocenters. The highest BCUT2D eigenvalue weighted by atomic mass is 28.3. The van der Waals surface area contributed by atoms with Gasteiger partial charge in [0.25, 0.3) is 0 Å². The second-order valence-electron chi connectivity index (χ2n) is 4.10. The van der Waals surface area contributed by atoms with Gasteiger partial charge >= 0.3 is 12.2 Å². The zero-order chi connectivity index (χ0) is 13.3. The number of ether oxygens (including phenoxy) is 2. The van der Waals surface area contributed by atoms with Crippen molar-refractivity contribution in [1.82, 2.24) is 10.6 Å². The van der Waals surface area contributed by atoms with Crippen LogP contribution in [0.2, 0.25) is 26.2 Å². The second-order valence-corrected chi connectivity index (χ2v) is 9.64. The van der Waals surface area contributed by atoms with Crippen LogP contribution in [0.1, 0.15) is 0 Å². The SMILES string of the molecule is C[Si](C)CNC(=O)OCOC(=O)NC[Si](C)C. The summed E-state index contributed by atoms with van der Waals surface area (Å²) < 4.78 is 9.32. The Balaban J connectivity index is 3.49. The fourth-order valence-electron chi connectivity index (χ4n) is 0.736. The molecule has 2 N–H and O–H groups in total. The molecule has 0 aliphatic heterocycles. The number of nitrogens with one attached hydrogen (secondary N) is 2. The third-order valence-corrected chi connectivity index (χ3v) is 3.32. The lowest BCUT2D eigenvalue weighted by Gasteiger charge is -2.09. The predicted molar refractivity (Wildman–Crippen MR) is 68.8 cm³/mol. The molecule has 98 valence electrons. The van der Waals surface area contributed by atoms with E-state index in [-0.39, 0.29) is 6.79 Å². The first-order chi connectivity index (χ1) is 7.91. The third-order valence-electron chi connectivity index (χ3n) is 1.55. The van der Waals surface area contributed by atoms with Gasteiger partial charge in [0.2, 0.25) is 6.79 Å². The molecule has 0 atom stereocenters. The Morgan fingerprint density at radius 2 is 1.24 bits per heavy atom. The molecular weight excluding hydrogens is 256 g/mol. The summed E-state index contributed by atoms with van der Waals surface area (Å²) in [5.74, 6) is 0. The maximum absolute atomic E-state index is 11.1. The molecule has 0 aliphatic carbocycles. The van der Waals surface area contributed by atoms with Crippen molar-refractivity contribution in [2.24, 2.45) is 0 Å². The number of carbonyl (C=O) groups is 2. The molecule has 0 spiro atoms. The van der Waals surface area contributed by atoms with E-state index < -0.39 is 29.8 Å². The van der Waals surface area contributed by atoms with E-state index in [1.54, 1.807) is 0 Å². The highest BCUT2D eigenvalue weighted by Gasteiger charge is 2.06. The van der Waals surface area contributed by atoms with E-state index in [4.69, 9.17) is 0 Å². The van der Waals surface area contributed by atoms with Gasteiger partial charge in [0, 0.05) is 12.3 Å². The molecule has 0 fully saturated rings. The zero-order valence-corrected chi connectivity index (χ0v) is 12.8. The van der Waals surface area contributed by atoms with Crippen molar-refractivity contribution in [1.29, 1.82) is 0 Å². The van der Waals surface area contributed by atoms with Crippen molar-refractivity contribution in [2.45, 2.75) is 26.2 Å². The van der Waals surface area contributed by atoms with E-state index in [0.717, 1.165) is 0 Å². The first kappa shape index (κ1) is 16.0. The minimum atomic E-state index is -0.556. The first-order valence-electron chi connectivity index (χ1n) is 5.31. The van der Waals surface area contributed by atoms with Crippen LogP contribution in [-0.4, -0.2) is 48.9 Å². The molecule has 0 rings (SSSR count). The summed E-state index contributed by atoms with van der Waals surface area (Å²) in [5, 5.41) is 5.17. The van der Waals surface area contributed by atoms with Gasteiger partial charge in [-0.25, -0.2) is 9.59 Å². The van der Waals surface area contributed by atoms with Crippen LogP contribution in [0.5, 0.6) is 0 Å². The molecule has 2 radical (unpaired) electrons. The first-order valence-corrected chi connectivity index (χ1v) is 10.7. The minimum absolute atomic E-state index is 0.358. The Kier molecular flexibility index (Phi) is 8.50. The third kappa shape index (κ3) is 11.2. The fraction of sp³-hybridized carbons (Fsp3) is 0.778. The summed E-state index contributed by atoms with van der Waals surface area (Å²) >= 11 is 0. The van der Waals surface area contributed by atoms with Crippen molar-refractivity contribution in [3.8, 4) is 0 Å². The molecule has 0 saturated carbocycles. The molecule has 0 aromatic rings. The molecule has 0 aliphatic rings. The van der Waals surface area contributed by atoms with E-state index in [9.17, 15) is 9.59 Å². The largest absolute Gasteiger partial charge is 0.412 e. The summed E-state index contributed by atoms with van der Waals surface area (Å²) in [4.78, 5) is 22.1. The molecule has 0 bridgehead atoms. The molecule has 0 saturated heterocycles. The number of carbonyl (C=O) groups excluding carboxylic acids is 2. The van der Waals surface area contributed by atoms with Gasteiger partial charge in [-0.05, 0) is 0 Å². The number of alkyl carbamates (subject to hydrolysis) is 2. The Hall–Kier alpha value is -1.03. The summed E-state index contributed by atoms with van der Waals surface area (Å²) in [6, 6.07) is 0. The average molecular weight is 276 g/mol. The van der Waals surface area contributed by atoms with Gasteiger partial charge in [-0.3, -0.25) is 0 Å². The lowest BCUT2D eigenvalue weighted by atomic mass is 11.0. The standard InChI is InChI=1S/C9H20N2O4Si2/c1-16(2)5-10-8(12)14-7-15-9(13)11-6-17(3)4/h5-7H2,1-4H3,(H,10,12)(H,11,13). The van der Waals surface area contributed by atoms with Crippen LogP contribution in [0.25, 0.3) is 0 Å². The predicted octanol–water partition coefficient (Wildman–Crippen LogP) is 0.983. The van der Waals surface area contributed by atoms with Gasteiger partial charge in [0.1, 0.15) is 0 Å². The topological polar surface area (TPSA) is 76.7 Å². The number of rotatable bonds is 6. The van der Waals surface area contributed by atoms with Crippen LogP contribution in [0.15, 0.2) is 0 Å². The van der Waals surface area contributed by atoms with E-state index in [2.05, 4.69) is 46.3 Å². The minimum Gasteiger partial charge on any atom is -0.412 e. The van der Waals surface area contributed by atoms with Crippen molar-refractivity contribution in [2.75, 3.05) is 19.1 Å². The van der Waals surface area contributed by atoms with Gasteiger partial charge in [-0.15, -0.1) is 0 Å². The Labute approximate surface area is 105 Å². The summed E-state index contributed by atoms with van der Waals surface area (Å²) in [6.07, 6.45) is 0.153. The molecule has 8 heteroatoms. The summed E-state index contributed by atoms with van der Waals surface area (Å²) in [5.41, 5.74) is 0. The van der Waals surface area contributed by atoms with Crippen molar-refractivity contribution in [3.63, 3.8) is 0 Å². The van der Waals surface area contributed by atoms with Crippen LogP contribution in [0.3, 0.4) is 0 Å². The van der Waals surface area contributed by atoms with Crippen molar-refractivity contribution in [3.05, 3.63) is 0 Å². The van der Waals surface area contributed by atoms with Crippen molar-refractivity contribution < 1.29 is 19.1 Å². The molecule has 0 aromatic heterocycles. The van der Waals surface area contributed by atoms with E-state index >= 15 is 0 Å². The Bertz CT molecular complexity index is 225. The zero-order valence-electron chi connectivity index (χ0n) is 10.8. The van der Waals surface area contributed by atoms with Gasteiger partial charge in [-0.1, -0.05) is 26.2 Å². The van der Waals surface area contributed by atoms with E-state index in [1.807, 2.05) is 0 Å². The lowest BCUT2D eigenvalue weighted by molar-refractivity contribution is 0.0254. The lowest BCUT2D eigenvalue weighted by Crippen LogP contribution is -2.35. The number of hydrogen-bond donors (Lipinski definition) is 2. The quantitative estimate of drug-likeness (QED) is 0.560. The fourth-order valence-corrected chi connectivity index (χ4v) is 1.73. The smallest absolute Gasteiger partial charge is 0.409 e. The second kappa shape index (κ2) is 9.05. The average Bonchev–Trinajstić information content (AvgIpc) is 2.23. The van der Waals surface area contributed by atoms with Crippen LogP contribution in [0.4, 0.5) is 9.59 Å². The van der Waals surface area contributed by atoms with Crippen LogP contribution >= 0.6 is 0 Å². The van der Waals surface area contributed by atoms with Gasteiger partial charge in [0.05, 0.1) is 17.6 Å². The summed E-state index contributed by atoms with van der Waals surface area (Å²) in [7, 11) is -1.03.